The number of halogens is 3. The molecule has 5 fully saturated rings. The first kappa shape index (κ1) is 57.3. The molecule has 3 saturated heterocycles. The molecule has 3 aromatic carbocycles. The number of rotatable bonds is 11. The number of methoxy groups -OCH3 is 1. The van der Waals surface area contributed by atoms with Crippen molar-refractivity contribution >= 4 is 65.0 Å². The number of carbonyl (C=O) groups is 5. The Morgan fingerprint density at radius 2 is 1.53 bits per heavy atom. The number of ether oxygens (including phenoxy) is 11. The molecule has 14 atom stereocenters. The van der Waals surface area contributed by atoms with Gasteiger partial charge in [0.15, 0.2) is 24.2 Å². The zero-order valence-corrected chi connectivity index (χ0v) is 46.9. The molecular weight excluding hydrogens is 1080 g/mol. The van der Waals surface area contributed by atoms with E-state index in [2.05, 4.69) is 6.58 Å². The molecule has 1 amide bonds. The van der Waals surface area contributed by atoms with Crippen LogP contribution in [0.3, 0.4) is 0 Å². The molecule has 3 aromatic rings. The van der Waals surface area contributed by atoms with Crippen LogP contribution < -0.4 is 4.74 Å². The quantitative estimate of drug-likeness (QED) is 0.0820. The number of hydrogen-bond acceptors (Lipinski definition) is 17. The lowest BCUT2D eigenvalue weighted by atomic mass is 9.44. The fourth-order valence-electron chi connectivity index (χ4n) is 12.7. The van der Waals surface area contributed by atoms with Crippen LogP contribution in [-0.2, 0) is 57.0 Å². The van der Waals surface area contributed by atoms with Gasteiger partial charge in [0.25, 0.3) is 0 Å². The number of carbonyl (C=O) groups excluding carboxylic acids is 5. The number of alkyl halides is 3. The van der Waals surface area contributed by atoms with Crippen molar-refractivity contribution in [2.75, 3.05) is 20.3 Å². The fourth-order valence-corrected chi connectivity index (χ4v) is 12.8. The van der Waals surface area contributed by atoms with Crippen molar-refractivity contribution in [2.24, 2.45) is 16.7 Å². The first-order chi connectivity index (χ1) is 36.7. The number of esters is 3. The second-order valence-electron chi connectivity index (χ2n) is 22.3. The van der Waals surface area contributed by atoms with Gasteiger partial charge >= 0.3 is 30.2 Å². The largest absolute Gasteiger partial charge is 0.508 e. The zero-order chi connectivity index (χ0) is 56.5. The molecule has 0 spiro atoms. The Morgan fingerprint density at radius 1 is 0.872 bits per heavy atom. The predicted molar refractivity (Wildman–Crippen MR) is 280 cm³/mol. The summed E-state index contributed by atoms with van der Waals surface area (Å²) in [6.45, 7) is 16.4. The van der Waals surface area contributed by atoms with Crippen LogP contribution in [-0.4, -0.2) is 130 Å². The molecule has 1 unspecified atom stereocenters. The summed E-state index contributed by atoms with van der Waals surface area (Å²) in [6, 6.07) is 22.6. The van der Waals surface area contributed by atoms with Gasteiger partial charge in [0.2, 0.25) is 3.79 Å². The summed E-state index contributed by atoms with van der Waals surface area (Å²) in [5, 5.41) is 14.4. The molecule has 18 nitrogen and oxygen atoms in total. The molecule has 2 bridgehead atoms. The van der Waals surface area contributed by atoms with Crippen LogP contribution in [0.25, 0.3) is 0 Å². The maximum atomic E-state index is 15.5. The maximum Gasteiger partial charge on any atom is 0.508 e. The van der Waals surface area contributed by atoms with Crippen LogP contribution in [0.4, 0.5) is 9.59 Å². The van der Waals surface area contributed by atoms with Gasteiger partial charge in [0, 0.05) is 36.2 Å². The summed E-state index contributed by atoms with van der Waals surface area (Å²) in [6.07, 6.45) is -12.9. The number of hydrogen-bond donors (Lipinski definition) is 1. The van der Waals surface area contributed by atoms with Gasteiger partial charge in [-0.15, -0.1) is 0 Å². The molecule has 0 radical (unpaired) electrons. The molecule has 3 heterocycles. The van der Waals surface area contributed by atoms with E-state index < -0.39 is 142 Å². The second kappa shape index (κ2) is 21.2. The lowest BCUT2D eigenvalue weighted by Gasteiger charge is -2.69. The van der Waals surface area contributed by atoms with Gasteiger partial charge in [0.1, 0.15) is 66.2 Å². The lowest BCUT2D eigenvalue weighted by Crippen LogP contribution is -2.82. The highest BCUT2D eigenvalue weighted by atomic mass is 35.6. The zero-order valence-electron chi connectivity index (χ0n) is 44.6. The average molecular weight is 1140 g/mol. The van der Waals surface area contributed by atoms with Gasteiger partial charge in [-0.3, -0.25) is 9.69 Å². The molecule has 3 aliphatic heterocycles. The lowest BCUT2D eigenvalue weighted by molar-refractivity contribution is -0.362. The minimum absolute atomic E-state index is 0.103. The molecule has 78 heavy (non-hydrogen) atoms. The second-order valence-corrected chi connectivity index (χ2v) is 24.8. The van der Waals surface area contributed by atoms with Crippen molar-refractivity contribution in [1.82, 2.24) is 4.90 Å². The monoisotopic (exact) mass is 1140 g/mol. The van der Waals surface area contributed by atoms with Gasteiger partial charge in [-0.1, -0.05) is 123 Å². The molecular formula is C57H64Cl3NO17. The van der Waals surface area contributed by atoms with E-state index in [0.717, 1.165) is 0 Å². The number of aliphatic hydroxyl groups is 1. The average Bonchev–Trinajstić information content (AvgIpc) is 1.90. The number of benzene rings is 3. The normalized spacial score (nSPS) is 33.8. The van der Waals surface area contributed by atoms with Crippen molar-refractivity contribution in [2.45, 2.75) is 150 Å². The van der Waals surface area contributed by atoms with Crippen molar-refractivity contribution in [1.29, 1.82) is 0 Å². The summed E-state index contributed by atoms with van der Waals surface area (Å²) >= 11 is 18.0. The molecule has 6 aliphatic rings. The van der Waals surface area contributed by atoms with Crippen LogP contribution in [0.15, 0.2) is 109 Å². The minimum atomic E-state index is -2.32. The Balaban J connectivity index is 1.22. The molecule has 420 valence electrons. The Morgan fingerprint density at radius 3 is 2.10 bits per heavy atom. The summed E-state index contributed by atoms with van der Waals surface area (Å²) in [7, 11) is 1.52. The van der Waals surface area contributed by atoms with E-state index in [9.17, 15) is 24.3 Å². The van der Waals surface area contributed by atoms with Crippen LogP contribution >= 0.6 is 34.8 Å². The van der Waals surface area contributed by atoms with Gasteiger partial charge in [-0.05, 0) is 74.7 Å². The van der Waals surface area contributed by atoms with Gasteiger partial charge in [-0.25, -0.2) is 19.2 Å². The molecule has 3 aliphatic carbocycles. The third-order valence-electron chi connectivity index (χ3n) is 16.2. The van der Waals surface area contributed by atoms with Crippen molar-refractivity contribution in [3.05, 3.63) is 125 Å². The Labute approximate surface area is 467 Å². The van der Waals surface area contributed by atoms with E-state index in [1.54, 1.807) is 121 Å². The van der Waals surface area contributed by atoms with Crippen molar-refractivity contribution in [3.63, 3.8) is 0 Å². The molecule has 0 aromatic heterocycles. The van der Waals surface area contributed by atoms with Crippen LogP contribution in [0.1, 0.15) is 102 Å². The Kier molecular flexibility index (Phi) is 15.6. The van der Waals surface area contributed by atoms with Crippen molar-refractivity contribution < 1.29 is 81.2 Å². The summed E-state index contributed by atoms with van der Waals surface area (Å²) in [4.78, 5) is 73.7. The summed E-state index contributed by atoms with van der Waals surface area (Å²) in [5.41, 5.74) is -6.25. The number of amides is 1. The van der Waals surface area contributed by atoms with E-state index in [-0.39, 0.29) is 18.6 Å². The Hall–Kier alpha value is -5.44. The first-order valence-corrected chi connectivity index (χ1v) is 26.7. The fraction of sp³-hybridized carbons (Fsp3) is 0.526. The maximum absolute atomic E-state index is 15.5. The predicted octanol–water partition coefficient (Wildman–Crippen LogP) is 9.61. The van der Waals surface area contributed by atoms with Gasteiger partial charge < -0.3 is 57.2 Å². The third-order valence-corrected chi connectivity index (χ3v) is 16.5. The standard InChI is InChI=1S/C57H64Cl3NO17/c1-11-39-73-42-40-30(2)36(71-49(64)43-41(32-18-14-12-15-19-32)61(50(65)78-52(4,5)6)47(75-43)33-22-24-35(68-10)25-23-33)27-56(67,53(40,7)8)46(76-48(63)34-20-16-13-17-21-34)44-54(9,45(42)74-39)37(72-51(66)70-29-57(58,59)60)26-38-55(44,28-69-38)77-31(3)62/h11-25,36-39,41-47,67H,1,26-29H2,2-10H3/t36-,37-,38+,39?,41-,42+,43+,44-,45+,46-,47+,54+,55-,56+/m0/s1. The molecule has 2 saturated carbocycles. The van der Waals surface area contributed by atoms with Crippen LogP contribution in [0.5, 0.6) is 5.75 Å². The van der Waals surface area contributed by atoms with Crippen molar-refractivity contribution in [3.8, 4) is 5.75 Å². The van der Waals surface area contributed by atoms with E-state index in [4.69, 9.17) is 86.9 Å². The van der Waals surface area contributed by atoms with Crippen LogP contribution in [0, 0.1) is 16.7 Å². The molecule has 9 rings (SSSR count). The summed E-state index contributed by atoms with van der Waals surface area (Å²) < 4.78 is 67.4. The van der Waals surface area contributed by atoms with Gasteiger partial charge in [-0.2, -0.15) is 0 Å². The van der Waals surface area contributed by atoms with E-state index in [1.807, 2.05) is 0 Å². The summed E-state index contributed by atoms with van der Waals surface area (Å²) in [5.74, 6) is -3.39. The highest BCUT2D eigenvalue weighted by Gasteiger charge is 2.80. The highest BCUT2D eigenvalue weighted by Crippen LogP contribution is 2.67. The topological polar surface area (TPSA) is 210 Å². The number of fused-ring (bicyclic) bond motifs is 8. The van der Waals surface area contributed by atoms with E-state index in [1.165, 1.54) is 37.1 Å². The molecule has 21 heteroatoms. The smallest absolute Gasteiger partial charge is 0.497 e. The van der Waals surface area contributed by atoms with E-state index >= 15 is 4.79 Å². The van der Waals surface area contributed by atoms with Crippen LogP contribution in [0.2, 0.25) is 0 Å². The van der Waals surface area contributed by atoms with Gasteiger partial charge in [0.05, 0.1) is 25.2 Å². The third kappa shape index (κ3) is 10.2. The highest BCUT2D eigenvalue weighted by molar-refractivity contribution is 6.67. The first-order valence-electron chi connectivity index (χ1n) is 25.6. The Bertz CT molecular complexity index is 2820. The van der Waals surface area contributed by atoms with E-state index in [0.29, 0.717) is 28.0 Å². The SMILES string of the molecule is C=CC1O[C@@H]2C3=C(C)[C@@H](OC(=O)[C@@H]4O[C@H](c5ccc(OC)cc5)N(C(=O)OC(C)(C)C)[C@H]4c4ccccc4)C[C@@](O)([C@@H](OC(=O)c4ccccc4)[C@@H]4[C@]5(OC(C)=O)CO[C@@H]5C[C@H](OC(=O)OCC(Cl)(Cl)Cl)[C@@]4(C)[C@@H]2O1)C3(C)C. The minimum Gasteiger partial charge on any atom is -0.497 e. The molecule has 1 N–H and O–H groups in total. The number of nitrogens with zero attached hydrogens (tertiary/aromatic N) is 1.